The van der Waals surface area contributed by atoms with Gasteiger partial charge in [0.1, 0.15) is 11.5 Å². The number of hydrogen-bond donors (Lipinski definition) is 2. The van der Waals surface area contributed by atoms with Crippen LogP contribution in [0.15, 0.2) is 46.1 Å². The third-order valence-electron chi connectivity index (χ3n) is 3.05. The van der Waals surface area contributed by atoms with Gasteiger partial charge in [0.15, 0.2) is 0 Å². The van der Waals surface area contributed by atoms with Gasteiger partial charge in [-0.2, -0.15) is 5.10 Å². The second-order valence-corrected chi connectivity index (χ2v) is 4.89. The van der Waals surface area contributed by atoms with E-state index in [4.69, 9.17) is 4.42 Å². The summed E-state index contributed by atoms with van der Waals surface area (Å²) in [6.07, 6.45) is 1.50. The molecule has 114 valence electrons. The highest BCUT2D eigenvalue weighted by Gasteiger charge is 2.14. The molecule has 2 amide bonds. The zero-order valence-electron chi connectivity index (χ0n) is 12.6. The number of hydrogen-bond acceptors (Lipinski definition) is 4. The summed E-state index contributed by atoms with van der Waals surface area (Å²) in [6, 6.07) is 9.03. The van der Waals surface area contributed by atoms with E-state index >= 15 is 0 Å². The van der Waals surface area contributed by atoms with Crippen LogP contribution in [0.4, 0.5) is 5.69 Å². The van der Waals surface area contributed by atoms with Crippen LogP contribution in [0, 0.1) is 13.8 Å². The number of hydrazone groups is 1. The predicted octanol–water partition coefficient (Wildman–Crippen LogP) is 2.38. The fourth-order valence-corrected chi connectivity index (χ4v) is 1.77. The number of carbonyl (C=O) groups excluding carboxylic acids is 2. The fourth-order valence-electron chi connectivity index (χ4n) is 1.77. The topological polar surface area (TPSA) is 83.7 Å². The summed E-state index contributed by atoms with van der Waals surface area (Å²) in [4.78, 5) is 23.6. The van der Waals surface area contributed by atoms with E-state index in [1.165, 1.54) is 6.26 Å². The fraction of sp³-hybridized carbons (Fsp3) is 0.188. The third kappa shape index (κ3) is 3.82. The van der Waals surface area contributed by atoms with Crippen molar-refractivity contribution in [2.45, 2.75) is 20.8 Å². The van der Waals surface area contributed by atoms with Crippen molar-refractivity contribution < 1.29 is 14.0 Å². The van der Waals surface area contributed by atoms with Crippen LogP contribution < -0.4 is 10.7 Å². The van der Waals surface area contributed by atoms with Crippen molar-refractivity contribution in [3.63, 3.8) is 0 Å². The van der Waals surface area contributed by atoms with Crippen molar-refractivity contribution in [2.24, 2.45) is 5.10 Å². The molecule has 6 heteroatoms. The molecule has 22 heavy (non-hydrogen) atoms. The van der Waals surface area contributed by atoms with Crippen LogP contribution in [0.5, 0.6) is 0 Å². The number of anilines is 1. The second-order valence-electron chi connectivity index (χ2n) is 4.89. The summed E-state index contributed by atoms with van der Waals surface area (Å²) in [6.45, 7) is 5.43. The van der Waals surface area contributed by atoms with Gasteiger partial charge in [-0.3, -0.25) is 9.59 Å². The van der Waals surface area contributed by atoms with E-state index in [9.17, 15) is 9.59 Å². The Hall–Kier alpha value is -2.89. The highest BCUT2D eigenvalue weighted by molar-refractivity contribution is 6.39. The Bertz CT molecular complexity index is 718. The number of nitrogens with zero attached hydrogens (tertiary/aromatic N) is 1. The summed E-state index contributed by atoms with van der Waals surface area (Å²) in [7, 11) is 0. The molecule has 0 atom stereocenters. The van der Waals surface area contributed by atoms with Gasteiger partial charge in [-0.1, -0.05) is 12.1 Å². The SMILES string of the molecule is CC(=NNC(=O)C(=O)Nc1cc(C)ccc1C)c1ccco1. The standard InChI is InChI=1S/C16H17N3O3/c1-10-6-7-11(2)13(9-10)17-15(20)16(21)19-18-12(3)14-5-4-8-22-14/h4-9H,1-3H3,(H,17,20)(H,19,21). The van der Waals surface area contributed by atoms with Gasteiger partial charge in [-0.05, 0) is 50.1 Å². The van der Waals surface area contributed by atoms with E-state index < -0.39 is 11.8 Å². The van der Waals surface area contributed by atoms with Gasteiger partial charge < -0.3 is 9.73 Å². The maximum absolute atomic E-state index is 11.9. The lowest BCUT2D eigenvalue weighted by Gasteiger charge is -2.08. The molecule has 0 unspecified atom stereocenters. The Morgan fingerprint density at radius 3 is 2.59 bits per heavy atom. The highest BCUT2D eigenvalue weighted by Crippen LogP contribution is 2.16. The van der Waals surface area contributed by atoms with Gasteiger partial charge in [-0.15, -0.1) is 0 Å². The molecule has 1 heterocycles. The first-order valence-corrected chi connectivity index (χ1v) is 6.74. The minimum Gasteiger partial charge on any atom is -0.463 e. The molecule has 0 radical (unpaired) electrons. The molecule has 2 aromatic rings. The van der Waals surface area contributed by atoms with Gasteiger partial charge in [-0.25, -0.2) is 5.43 Å². The number of nitrogens with one attached hydrogen (secondary N) is 2. The quantitative estimate of drug-likeness (QED) is 0.518. The van der Waals surface area contributed by atoms with E-state index in [-0.39, 0.29) is 0 Å². The lowest BCUT2D eigenvalue weighted by Crippen LogP contribution is -2.33. The smallest absolute Gasteiger partial charge is 0.329 e. The minimum atomic E-state index is -0.841. The lowest BCUT2D eigenvalue weighted by atomic mass is 10.1. The number of carbonyl (C=O) groups is 2. The second kappa shape index (κ2) is 6.71. The third-order valence-corrected chi connectivity index (χ3v) is 3.05. The first-order valence-electron chi connectivity index (χ1n) is 6.74. The summed E-state index contributed by atoms with van der Waals surface area (Å²) in [5, 5.41) is 6.40. The molecule has 2 rings (SSSR count). The van der Waals surface area contributed by atoms with E-state index in [1.54, 1.807) is 25.1 Å². The summed E-state index contributed by atoms with van der Waals surface area (Å²) in [5.41, 5.74) is 5.15. The van der Waals surface area contributed by atoms with E-state index in [0.717, 1.165) is 11.1 Å². The summed E-state index contributed by atoms with van der Waals surface area (Å²) in [5.74, 6) is -1.09. The van der Waals surface area contributed by atoms with Crippen molar-refractivity contribution in [3.8, 4) is 0 Å². The summed E-state index contributed by atoms with van der Waals surface area (Å²) >= 11 is 0. The van der Waals surface area contributed by atoms with Crippen LogP contribution in [0.25, 0.3) is 0 Å². The molecular formula is C16H17N3O3. The number of amides is 2. The van der Waals surface area contributed by atoms with E-state index in [1.807, 2.05) is 26.0 Å². The Morgan fingerprint density at radius 2 is 1.91 bits per heavy atom. The average Bonchev–Trinajstić information content (AvgIpc) is 3.02. The zero-order chi connectivity index (χ0) is 16.1. The molecule has 1 aromatic carbocycles. The maximum atomic E-state index is 11.9. The van der Waals surface area contributed by atoms with Gasteiger partial charge in [0.05, 0.1) is 6.26 Å². The Morgan fingerprint density at radius 1 is 1.14 bits per heavy atom. The first kappa shape index (κ1) is 15.5. The van der Waals surface area contributed by atoms with Crippen LogP contribution in [-0.4, -0.2) is 17.5 Å². The van der Waals surface area contributed by atoms with Crippen molar-refractivity contribution in [3.05, 3.63) is 53.5 Å². The normalized spacial score (nSPS) is 11.1. The Balaban J connectivity index is 1.99. The lowest BCUT2D eigenvalue weighted by molar-refractivity contribution is -0.136. The predicted molar refractivity (Wildman–Crippen MR) is 83.6 cm³/mol. The zero-order valence-corrected chi connectivity index (χ0v) is 12.6. The molecule has 6 nitrogen and oxygen atoms in total. The van der Waals surface area contributed by atoms with Crippen LogP contribution in [0.1, 0.15) is 23.8 Å². The van der Waals surface area contributed by atoms with Gasteiger partial charge in [0.2, 0.25) is 0 Å². The average molecular weight is 299 g/mol. The van der Waals surface area contributed by atoms with E-state index in [2.05, 4.69) is 15.8 Å². The van der Waals surface area contributed by atoms with Gasteiger partial charge in [0.25, 0.3) is 0 Å². The van der Waals surface area contributed by atoms with Gasteiger partial charge in [0, 0.05) is 5.69 Å². The van der Waals surface area contributed by atoms with Crippen molar-refractivity contribution in [1.82, 2.24) is 5.43 Å². The van der Waals surface area contributed by atoms with E-state index in [0.29, 0.717) is 17.2 Å². The molecule has 1 aromatic heterocycles. The van der Waals surface area contributed by atoms with Crippen LogP contribution in [0.2, 0.25) is 0 Å². The Labute approximate surface area is 128 Å². The monoisotopic (exact) mass is 299 g/mol. The molecule has 0 spiro atoms. The molecule has 0 aliphatic carbocycles. The van der Waals surface area contributed by atoms with Crippen LogP contribution >= 0.6 is 0 Å². The number of benzene rings is 1. The number of aryl methyl sites for hydroxylation is 2. The van der Waals surface area contributed by atoms with Crippen molar-refractivity contribution >= 4 is 23.2 Å². The maximum Gasteiger partial charge on any atom is 0.329 e. The van der Waals surface area contributed by atoms with Crippen LogP contribution in [0.3, 0.4) is 0 Å². The number of rotatable bonds is 3. The molecule has 0 fully saturated rings. The molecular weight excluding hydrogens is 282 g/mol. The molecule has 2 N–H and O–H groups in total. The number of furan rings is 1. The Kier molecular flexibility index (Phi) is 4.73. The molecule has 0 saturated heterocycles. The molecule has 0 bridgehead atoms. The first-order chi connectivity index (χ1) is 10.5. The largest absolute Gasteiger partial charge is 0.463 e. The molecule has 0 saturated carbocycles. The highest BCUT2D eigenvalue weighted by atomic mass is 16.3. The van der Waals surface area contributed by atoms with Crippen molar-refractivity contribution in [1.29, 1.82) is 0 Å². The van der Waals surface area contributed by atoms with Gasteiger partial charge >= 0.3 is 11.8 Å². The minimum absolute atomic E-state index is 0.470. The molecule has 0 aliphatic rings. The molecule has 0 aliphatic heterocycles. The van der Waals surface area contributed by atoms with Crippen molar-refractivity contribution in [2.75, 3.05) is 5.32 Å². The summed E-state index contributed by atoms with van der Waals surface area (Å²) < 4.78 is 5.13. The van der Waals surface area contributed by atoms with Crippen LogP contribution in [-0.2, 0) is 9.59 Å².